The molecule has 1 aromatic heterocycles. The molecule has 174 valence electrons. The summed E-state index contributed by atoms with van der Waals surface area (Å²) >= 11 is 0. The zero-order valence-electron chi connectivity index (χ0n) is 18.6. The summed E-state index contributed by atoms with van der Waals surface area (Å²) < 4.78 is 10.7. The number of hydrogen-bond acceptors (Lipinski definition) is 6. The first-order valence-corrected chi connectivity index (χ1v) is 10.8. The number of allylic oxidation sites excluding steroid dienone is 2. The number of carbonyl (C=O) groups is 2. The molecule has 1 aliphatic carbocycles. The molecule has 2 atom stereocenters. The summed E-state index contributed by atoms with van der Waals surface area (Å²) in [4.78, 5) is 38.2. The number of nitrogens with one attached hydrogen (secondary N) is 3. The van der Waals surface area contributed by atoms with Gasteiger partial charge in [0, 0.05) is 23.6 Å². The van der Waals surface area contributed by atoms with Gasteiger partial charge in [-0.15, -0.1) is 0 Å². The standard InChI is InChI=1S/C25H23N3O6/c1-33-18-8-7-12(11-19(18)34-2)13-9-16-21(17(29)10-13)20(22-23(26-16)27-28-24(22)30)14-5-3-4-6-15(14)25(31)32/h3-8,11,13,20H,9-10H2,1-2H3,(H,31,32)(H3,26,27,28,30)/t13-,20-/m0/s1. The molecule has 0 saturated heterocycles. The topological polar surface area (TPSA) is 134 Å². The minimum Gasteiger partial charge on any atom is -0.493 e. The van der Waals surface area contributed by atoms with Crippen LogP contribution < -0.4 is 20.3 Å². The molecular weight excluding hydrogens is 438 g/mol. The summed E-state index contributed by atoms with van der Waals surface area (Å²) in [5.74, 6) is -0.539. The van der Waals surface area contributed by atoms with E-state index in [1.165, 1.54) is 6.07 Å². The van der Waals surface area contributed by atoms with E-state index in [0.717, 1.165) is 5.56 Å². The van der Waals surface area contributed by atoms with Gasteiger partial charge in [0.05, 0.1) is 25.3 Å². The Hall–Kier alpha value is -4.27. The van der Waals surface area contributed by atoms with Gasteiger partial charge in [0.1, 0.15) is 5.82 Å². The summed E-state index contributed by atoms with van der Waals surface area (Å²) in [7, 11) is 3.13. The quantitative estimate of drug-likeness (QED) is 0.458. The molecule has 4 N–H and O–H groups in total. The normalized spacial score (nSPS) is 19.2. The third-order valence-corrected chi connectivity index (χ3v) is 6.56. The second-order valence-electron chi connectivity index (χ2n) is 8.35. The molecular formula is C25H23N3O6. The number of ether oxygens (including phenoxy) is 2. The highest BCUT2D eigenvalue weighted by Gasteiger charge is 2.41. The number of benzene rings is 2. The van der Waals surface area contributed by atoms with E-state index in [1.54, 1.807) is 32.4 Å². The lowest BCUT2D eigenvalue weighted by atomic mass is 9.72. The number of H-pyrrole nitrogens is 2. The molecule has 9 nitrogen and oxygen atoms in total. The number of fused-ring (bicyclic) bond motifs is 1. The van der Waals surface area contributed by atoms with E-state index in [-0.39, 0.29) is 23.7 Å². The predicted molar refractivity (Wildman–Crippen MR) is 124 cm³/mol. The number of methoxy groups -OCH3 is 2. The van der Waals surface area contributed by atoms with Gasteiger partial charge >= 0.3 is 5.97 Å². The fourth-order valence-corrected chi connectivity index (χ4v) is 5.02. The van der Waals surface area contributed by atoms with Crippen molar-refractivity contribution in [1.29, 1.82) is 0 Å². The predicted octanol–water partition coefficient (Wildman–Crippen LogP) is 3.38. The summed E-state index contributed by atoms with van der Waals surface area (Å²) in [5.41, 5.74) is 2.41. The largest absolute Gasteiger partial charge is 0.493 e. The lowest BCUT2D eigenvalue weighted by Crippen LogP contribution is -2.32. The molecule has 0 saturated carbocycles. The van der Waals surface area contributed by atoms with Crippen molar-refractivity contribution in [1.82, 2.24) is 10.2 Å². The number of Topliss-reactive ketones (excluding diaryl/α,β-unsaturated/α-hetero) is 1. The van der Waals surface area contributed by atoms with Gasteiger partial charge in [0.2, 0.25) is 0 Å². The molecule has 9 heteroatoms. The van der Waals surface area contributed by atoms with Crippen LogP contribution in [-0.2, 0) is 4.79 Å². The van der Waals surface area contributed by atoms with E-state index in [0.29, 0.717) is 46.1 Å². The number of carbonyl (C=O) groups excluding carboxylic acids is 1. The van der Waals surface area contributed by atoms with Gasteiger partial charge in [-0.3, -0.25) is 19.8 Å². The van der Waals surface area contributed by atoms with Crippen molar-refractivity contribution in [3.05, 3.63) is 86.3 Å². The van der Waals surface area contributed by atoms with Gasteiger partial charge < -0.3 is 19.9 Å². The average Bonchev–Trinajstić information content (AvgIpc) is 3.22. The number of anilines is 1. The molecule has 2 aliphatic rings. The maximum absolute atomic E-state index is 13.6. The van der Waals surface area contributed by atoms with Crippen LogP contribution in [0.4, 0.5) is 5.82 Å². The third-order valence-electron chi connectivity index (χ3n) is 6.56. The number of carboxylic acid groups (broad SMARTS) is 1. The highest BCUT2D eigenvalue weighted by Crippen LogP contribution is 2.47. The zero-order valence-corrected chi connectivity index (χ0v) is 18.6. The Morgan fingerprint density at radius 1 is 1.00 bits per heavy atom. The number of aromatic carboxylic acids is 1. The van der Waals surface area contributed by atoms with Gasteiger partial charge in [0.25, 0.3) is 5.56 Å². The van der Waals surface area contributed by atoms with E-state index < -0.39 is 17.4 Å². The van der Waals surface area contributed by atoms with Crippen LogP contribution in [-0.4, -0.2) is 41.3 Å². The summed E-state index contributed by atoms with van der Waals surface area (Å²) in [6.45, 7) is 0. The van der Waals surface area contributed by atoms with Gasteiger partial charge in [-0.2, -0.15) is 0 Å². The van der Waals surface area contributed by atoms with E-state index in [2.05, 4.69) is 15.5 Å². The highest BCUT2D eigenvalue weighted by molar-refractivity contribution is 6.02. The molecule has 2 aromatic carbocycles. The average molecular weight is 461 g/mol. The van der Waals surface area contributed by atoms with Crippen molar-refractivity contribution in [2.75, 3.05) is 19.5 Å². The third kappa shape index (κ3) is 3.37. The van der Waals surface area contributed by atoms with Crippen LogP contribution in [0.1, 0.15) is 51.7 Å². The summed E-state index contributed by atoms with van der Waals surface area (Å²) in [6, 6.07) is 12.1. The molecule has 0 amide bonds. The minimum atomic E-state index is -1.11. The highest BCUT2D eigenvalue weighted by atomic mass is 16.5. The number of ketones is 1. The lowest BCUT2D eigenvalue weighted by molar-refractivity contribution is -0.116. The number of hydrogen-bond donors (Lipinski definition) is 4. The number of carboxylic acids is 1. The van der Waals surface area contributed by atoms with Gasteiger partial charge in [0.15, 0.2) is 17.3 Å². The maximum atomic E-state index is 13.6. The van der Waals surface area contributed by atoms with Crippen molar-refractivity contribution in [3.8, 4) is 11.5 Å². The van der Waals surface area contributed by atoms with Crippen molar-refractivity contribution >= 4 is 17.6 Å². The molecule has 0 radical (unpaired) electrons. The van der Waals surface area contributed by atoms with Crippen molar-refractivity contribution in [2.45, 2.75) is 24.7 Å². The second kappa shape index (κ2) is 8.26. The zero-order chi connectivity index (χ0) is 24.0. The molecule has 1 aliphatic heterocycles. The van der Waals surface area contributed by atoms with Gasteiger partial charge in [-0.25, -0.2) is 4.79 Å². The first kappa shape index (κ1) is 21.6. The van der Waals surface area contributed by atoms with E-state index in [1.807, 2.05) is 18.2 Å². The number of rotatable bonds is 5. The Kier molecular flexibility index (Phi) is 5.24. The van der Waals surface area contributed by atoms with E-state index in [4.69, 9.17) is 9.47 Å². The smallest absolute Gasteiger partial charge is 0.335 e. The fourth-order valence-electron chi connectivity index (χ4n) is 5.02. The molecule has 3 aromatic rings. The van der Waals surface area contributed by atoms with Crippen LogP contribution in [0.5, 0.6) is 11.5 Å². The summed E-state index contributed by atoms with van der Waals surface area (Å²) in [5, 5.41) is 18.4. The lowest BCUT2D eigenvalue weighted by Gasteiger charge is -2.35. The monoisotopic (exact) mass is 461 g/mol. The number of aromatic nitrogens is 2. The molecule has 0 spiro atoms. The van der Waals surface area contributed by atoms with Crippen LogP contribution in [0.3, 0.4) is 0 Å². The molecule has 2 heterocycles. The molecule has 5 rings (SSSR count). The second-order valence-corrected chi connectivity index (χ2v) is 8.35. The van der Waals surface area contributed by atoms with Gasteiger partial charge in [-0.05, 0) is 41.7 Å². The van der Waals surface area contributed by atoms with E-state index >= 15 is 0 Å². The van der Waals surface area contributed by atoms with Crippen molar-refractivity contribution in [3.63, 3.8) is 0 Å². The Labute approximate surface area is 194 Å². The first-order chi connectivity index (χ1) is 16.4. The Morgan fingerprint density at radius 2 is 1.76 bits per heavy atom. The van der Waals surface area contributed by atoms with Crippen LogP contribution >= 0.6 is 0 Å². The SMILES string of the molecule is COc1ccc([C@@H]2CC(=O)C3=C(C2)Nc2[nH][nH]c(=O)c2[C@H]3c2ccccc2C(=O)O)cc1OC. The molecule has 0 fully saturated rings. The molecule has 0 bridgehead atoms. The minimum absolute atomic E-state index is 0.0580. The molecule has 0 unspecified atom stereocenters. The van der Waals surface area contributed by atoms with Gasteiger partial charge in [-0.1, -0.05) is 24.3 Å². The van der Waals surface area contributed by atoms with Crippen LogP contribution in [0.15, 0.2) is 58.5 Å². The Bertz CT molecular complexity index is 1400. The fraction of sp³-hybridized carbons (Fsp3) is 0.240. The van der Waals surface area contributed by atoms with Crippen LogP contribution in [0.25, 0.3) is 0 Å². The molecule has 34 heavy (non-hydrogen) atoms. The first-order valence-electron chi connectivity index (χ1n) is 10.8. The van der Waals surface area contributed by atoms with E-state index in [9.17, 15) is 19.5 Å². The summed E-state index contributed by atoms with van der Waals surface area (Å²) in [6.07, 6.45) is 0.730. The number of aromatic amines is 2. The van der Waals surface area contributed by atoms with Crippen molar-refractivity contribution < 1.29 is 24.2 Å². The maximum Gasteiger partial charge on any atom is 0.335 e. The van der Waals surface area contributed by atoms with Crippen LogP contribution in [0, 0.1) is 0 Å². The Balaban J connectivity index is 1.63. The van der Waals surface area contributed by atoms with Crippen molar-refractivity contribution in [2.24, 2.45) is 0 Å². The Morgan fingerprint density at radius 3 is 2.50 bits per heavy atom. The van der Waals surface area contributed by atoms with Crippen LogP contribution in [0.2, 0.25) is 0 Å².